The Hall–Kier alpha value is -0.740. The number of nitrogens with one attached hydrogen (secondary N) is 1. The molecule has 3 rings (SSSR count). The monoisotopic (exact) mass is 352 g/mol. The number of anilines is 1. The molecule has 2 unspecified atom stereocenters. The molecule has 1 aromatic rings. The fourth-order valence-electron chi connectivity index (χ4n) is 4.05. The molecule has 2 saturated heterocycles. The maximum absolute atomic E-state index is 5.42. The van der Waals surface area contributed by atoms with E-state index < -0.39 is 0 Å². The van der Waals surface area contributed by atoms with E-state index in [1.165, 1.54) is 42.3 Å². The zero-order valence-corrected chi connectivity index (χ0v) is 14.5. The third-order valence-corrected chi connectivity index (χ3v) is 5.57. The fourth-order valence-corrected chi connectivity index (χ4v) is 4.50. The molecule has 1 N–H and O–H groups in total. The lowest BCUT2D eigenvalue weighted by Crippen LogP contribution is -2.56. The minimum Gasteiger partial charge on any atom is -0.497 e. The lowest BCUT2D eigenvalue weighted by molar-refractivity contribution is 0.247. The summed E-state index contributed by atoms with van der Waals surface area (Å²) in [5, 5.41) is 3.66. The molecule has 2 aliphatic heterocycles. The van der Waals surface area contributed by atoms with Gasteiger partial charge in [0.1, 0.15) is 5.75 Å². The quantitative estimate of drug-likeness (QED) is 0.887. The predicted octanol–water partition coefficient (Wildman–Crippen LogP) is 3.96. The van der Waals surface area contributed by atoms with Crippen molar-refractivity contribution >= 4 is 21.6 Å². The molecule has 0 saturated carbocycles. The second kappa shape index (κ2) is 6.57. The van der Waals surface area contributed by atoms with Crippen molar-refractivity contribution in [1.29, 1.82) is 0 Å². The number of methoxy groups -OCH3 is 1. The number of benzene rings is 1. The van der Waals surface area contributed by atoms with E-state index in [9.17, 15) is 0 Å². The number of ether oxygens (including phenoxy) is 1. The first-order chi connectivity index (χ1) is 10.2. The summed E-state index contributed by atoms with van der Waals surface area (Å²) >= 11 is 3.74. The zero-order chi connectivity index (χ0) is 14.8. The van der Waals surface area contributed by atoms with Crippen LogP contribution in [0.15, 0.2) is 22.7 Å². The highest BCUT2D eigenvalue weighted by atomic mass is 79.9. The van der Waals surface area contributed by atoms with Gasteiger partial charge in [-0.1, -0.05) is 6.92 Å². The predicted molar refractivity (Wildman–Crippen MR) is 91.3 cm³/mol. The molecule has 0 amide bonds. The summed E-state index contributed by atoms with van der Waals surface area (Å²) in [4.78, 5) is 2.66. The molecule has 2 bridgehead atoms. The van der Waals surface area contributed by atoms with Gasteiger partial charge in [-0.05, 0) is 66.7 Å². The minimum atomic E-state index is 0.657. The average molecular weight is 353 g/mol. The van der Waals surface area contributed by atoms with Gasteiger partial charge in [0.15, 0.2) is 0 Å². The third-order valence-electron chi connectivity index (χ3n) is 4.90. The molecule has 2 aliphatic rings. The Morgan fingerprint density at radius 3 is 2.62 bits per heavy atom. The SMILES string of the molecule is CCNC1CC2CCCC(C1)N2c1cc(OC)ccc1Br. The topological polar surface area (TPSA) is 24.5 Å². The highest BCUT2D eigenvalue weighted by Crippen LogP contribution is 2.41. The van der Waals surface area contributed by atoms with Crippen molar-refractivity contribution in [3.63, 3.8) is 0 Å². The van der Waals surface area contributed by atoms with Gasteiger partial charge in [-0.2, -0.15) is 0 Å². The largest absolute Gasteiger partial charge is 0.497 e. The van der Waals surface area contributed by atoms with E-state index in [-0.39, 0.29) is 0 Å². The minimum absolute atomic E-state index is 0.657. The standard InChI is InChI=1S/C17H25BrN2O/c1-3-19-12-9-13-5-4-6-14(10-12)20(13)17-11-15(21-2)7-8-16(17)18/h7-8,11-14,19H,3-6,9-10H2,1-2H3. The molecule has 3 nitrogen and oxygen atoms in total. The van der Waals surface area contributed by atoms with Gasteiger partial charge in [0, 0.05) is 28.7 Å². The molecule has 21 heavy (non-hydrogen) atoms. The van der Waals surface area contributed by atoms with Crippen LogP contribution in [-0.2, 0) is 0 Å². The van der Waals surface area contributed by atoms with Crippen molar-refractivity contribution in [3.05, 3.63) is 22.7 Å². The number of piperidine rings is 2. The lowest BCUT2D eigenvalue weighted by atomic mass is 9.81. The van der Waals surface area contributed by atoms with Crippen LogP contribution in [0.4, 0.5) is 5.69 Å². The fraction of sp³-hybridized carbons (Fsp3) is 0.647. The van der Waals surface area contributed by atoms with Gasteiger partial charge < -0.3 is 15.0 Å². The van der Waals surface area contributed by atoms with Crippen molar-refractivity contribution < 1.29 is 4.74 Å². The molecule has 0 radical (unpaired) electrons. The first-order valence-electron chi connectivity index (χ1n) is 8.08. The van der Waals surface area contributed by atoms with E-state index in [2.05, 4.69) is 45.2 Å². The summed E-state index contributed by atoms with van der Waals surface area (Å²) in [6.07, 6.45) is 6.50. The van der Waals surface area contributed by atoms with E-state index in [1.54, 1.807) is 7.11 Å². The highest BCUT2D eigenvalue weighted by molar-refractivity contribution is 9.10. The maximum atomic E-state index is 5.42. The van der Waals surface area contributed by atoms with Crippen LogP contribution in [0.3, 0.4) is 0 Å². The Labute approximate surface area is 136 Å². The zero-order valence-electron chi connectivity index (χ0n) is 12.9. The molecular weight excluding hydrogens is 328 g/mol. The molecule has 2 atom stereocenters. The lowest BCUT2D eigenvalue weighted by Gasteiger charge is -2.50. The summed E-state index contributed by atoms with van der Waals surface area (Å²) in [5.74, 6) is 0.945. The molecule has 0 aliphatic carbocycles. The van der Waals surface area contributed by atoms with E-state index in [1.807, 2.05) is 6.07 Å². The van der Waals surface area contributed by atoms with Gasteiger partial charge >= 0.3 is 0 Å². The van der Waals surface area contributed by atoms with E-state index >= 15 is 0 Å². The van der Waals surface area contributed by atoms with E-state index in [0.29, 0.717) is 18.1 Å². The number of hydrogen-bond acceptors (Lipinski definition) is 3. The van der Waals surface area contributed by atoms with Gasteiger partial charge in [0.2, 0.25) is 0 Å². The molecule has 0 spiro atoms. The van der Waals surface area contributed by atoms with Gasteiger partial charge in [0.05, 0.1) is 12.8 Å². The van der Waals surface area contributed by atoms with E-state index in [0.717, 1.165) is 12.3 Å². The van der Waals surface area contributed by atoms with Crippen LogP contribution in [0.1, 0.15) is 39.0 Å². The maximum Gasteiger partial charge on any atom is 0.121 e. The van der Waals surface area contributed by atoms with Crippen molar-refractivity contribution in [3.8, 4) is 5.75 Å². The second-order valence-corrected chi connectivity index (χ2v) is 7.04. The molecule has 0 aromatic heterocycles. The summed E-state index contributed by atoms with van der Waals surface area (Å²) in [7, 11) is 1.74. The Kier molecular flexibility index (Phi) is 4.75. The molecule has 4 heteroatoms. The van der Waals surface area contributed by atoms with Crippen LogP contribution in [0.25, 0.3) is 0 Å². The van der Waals surface area contributed by atoms with Gasteiger partial charge in [0.25, 0.3) is 0 Å². The van der Waals surface area contributed by atoms with E-state index in [4.69, 9.17) is 4.74 Å². The first-order valence-corrected chi connectivity index (χ1v) is 8.87. The van der Waals surface area contributed by atoms with Gasteiger partial charge in [-0.15, -0.1) is 0 Å². The third kappa shape index (κ3) is 3.07. The smallest absolute Gasteiger partial charge is 0.121 e. The Morgan fingerprint density at radius 2 is 2.00 bits per heavy atom. The summed E-state index contributed by atoms with van der Waals surface area (Å²) in [6.45, 7) is 3.29. The van der Waals surface area contributed by atoms with Crippen LogP contribution in [0.2, 0.25) is 0 Å². The van der Waals surface area contributed by atoms with Crippen molar-refractivity contribution in [2.45, 2.75) is 57.2 Å². The number of rotatable bonds is 4. The number of hydrogen-bond donors (Lipinski definition) is 1. The van der Waals surface area contributed by atoms with Crippen molar-refractivity contribution in [1.82, 2.24) is 5.32 Å². The van der Waals surface area contributed by atoms with Gasteiger partial charge in [-0.3, -0.25) is 0 Å². The number of fused-ring (bicyclic) bond motifs is 2. The highest BCUT2D eigenvalue weighted by Gasteiger charge is 2.38. The summed E-state index contributed by atoms with van der Waals surface area (Å²) in [6, 6.07) is 8.32. The Morgan fingerprint density at radius 1 is 1.29 bits per heavy atom. The van der Waals surface area contributed by atoms with Crippen LogP contribution in [0.5, 0.6) is 5.75 Å². The normalized spacial score (nSPS) is 28.5. The first kappa shape index (κ1) is 15.2. The molecular formula is C17H25BrN2O. The van der Waals surface area contributed by atoms with Gasteiger partial charge in [-0.25, -0.2) is 0 Å². The summed E-state index contributed by atoms with van der Waals surface area (Å²) in [5.41, 5.74) is 1.30. The van der Waals surface area contributed by atoms with Crippen molar-refractivity contribution in [2.24, 2.45) is 0 Å². The molecule has 2 fully saturated rings. The molecule has 2 heterocycles. The number of nitrogens with zero attached hydrogens (tertiary/aromatic N) is 1. The van der Waals surface area contributed by atoms with Crippen LogP contribution in [0, 0.1) is 0 Å². The van der Waals surface area contributed by atoms with Crippen LogP contribution in [-0.4, -0.2) is 31.8 Å². The summed E-state index contributed by atoms with van der Waals surface area (Å²) < 4.78 is 6.61. The number of halogens is 1. The Balaban J connectivity index is 1.88. The van der Waals surface area contributed by atoms with Crippen LogP contribution >= 0.6 is 15.9 Å². The second-order valence-electron chi connectivity index (χ2n) is 6.19. The Bertz CT molecular complexity index is 480. The average Bonchev–Trinajstić information content (AvgIpc) is 2.47. The molecule has 116 valence electrons. The van der Waals surface area contributed by atoms with Crippen molar-refractivity contribution in [2.75, 3.05) is 18.6 Å². The van der Waals surface area contributed by atoms with Crippen LogP contribution < -0.4 is 15.0 Å². The molecule has 1 aromatic carbocycles.